The minimum Gasteiger partial charge on any atom is -0.456 e. The molecule has 0 spiro atoms. The lowest BCUT2D eigenvalue weighted by molar-refractivity contribution is 0.669. The van der Waals surface area contributed by atoms with E-state index in [2.05, 4.69) is 6.07 Å². The third kappa shape index (κ3) is 1.19. The molecule has 0 atom stereocenters. The normalized spacial score (nSPS) is 10.8. The summed E-state index contributed by atoms with van der Waals surface area (Å²) in [5, 5.41) is 11.3. The van der Waals surface area contributed by atoms with Crippen LogP contribution in [0.15, 0.2) is 40.8 Å². The van der Waals surface area contributed by atoms with Gasteiger partial charge in [0.25, 0.3) is 0 Å². The number of benzene rings is 2. The first-order valence-corrected chi connectivity index (χ1v) is 5.18. The molecule has 1 aromatic heterocycles. The van der Waals surface area contributed by atoms with E-state index in [1.54, 1.807) is 12.1 Å². The van der Waals surface area contributed by atoms with Gasteiger partial charge in [-0.3, -0.25) is 0 Å². The van der Waals surface area contributed by atoms with Crippen LogP contribution in [0.4, 0.5) is 0 Å². The third-order valence-corrected chi connectivity index (χ3v) is 2.89. The Bertz CT molecular complexity index is 737. The predicted molar refractivity (Wildman–Crippen MR) is 63.4 cm³/mol. The van der Waals surface area contributed by atoms with Gasteiger partial charge in [-0.1, -0.05) is 17.7 Å². The first kappa shape index (κ1) is 9.26. The zero-order valence-corrected chi connectivity index (χ0v) is 8.95. The van der Waals surface area contributed by atoms with Crippen LogP contribution in [0.3, 0.4) is 0 Å². The Morgan fingerprint density at radius 1 is 1.12 bits per heavy atom. The number of nitrogens with zero attached hydrogens (tertiary/aromatic N) is 1. The number of furan rings is 1. The zero-order valence-electron chi connectivity index (χ0n) is 8.20. The fourth-order valence-corrected chi connectivity index (χ4v) is 2.12. The molecule has 3 aromatic rings. The number of nitriles is 1. The summed E-state index contributed by atoms with van der Waals surface area (Å²) in [7, 11) is 0. The summed E-state index contributed by atoms with van der Waals surface area (Å²) in [6.45, 7) is 0. The summed E-state index contributed by atoms with van der Waals surface area (Å²) in [5.41, 5.74) is 2.03. The molecule has 2 aromatic carbocycles. The maximum Gasteiger partial charge on any atom is 0.136 e. The van der Waals surface area contributed by atoms with Gasteiger partial charge in [0.2, 0.25) is 0 Å². The van der Waals surface area contributed by atoms with Crippen LogP contribution < -0.4 is 0 Å². The molecule has 0 aliphatic carbocycles. The highest BCUT2D eigenvalue weighted by molar-refractivity contribution is 6.37. The van der Waals surface area contributed by atoms with Crippen LogP contribution in [0, 0.1) is 11.3 Å². The zero-order chi connectivity index (χ0) is 11.1. The molecule has 3 heteroatoms. The molecule has 1 heterocycles. The molecule has 0 amide bonds. The van der Waals surface area contributed by atoms with Crippen molar-refractivity contribution in [1.82, 2.24) is 0 Å². The van der Waals surface area contributed by atoms with Gasteiger partial charge in [-0.15, -0.1) is 0 Å². The van der Waals surface area contributed by atoms with Crippen LogP contribution in [0.5, 0.6) is 0 Å². The topological polar surface area (TPSA) is 36.9 Å². The van der Waals surface area contributed by atoms with Crippen molar-refractivity contribution in [3.63, 3.8) is 0 Å². The molecule has 0 bridgehead atoms. The van der Waals surface area contributed by atoms with E-state index in [-0.39, 0.29) is 0 Å². The second-order valence-electron chi connectivity index (χ2n) is 3.54. The molecule has 3 rings (SSSR count). The number of rotatable bonds is 0. The Morgan fingerprint density at radius 2 is 2.00 bits per heavy atom. The molecule has 0 unspecified atom stereocenters. The van der Waals surface area contributed by atoms with Gasteiger partial charge in [-0.05, 0) is 30.3 Å². The van der Waals surface area contributed by atoms with E-state index in [0.29, 0.717) is 16.2 Å². The van der Waals surface area contributed by atoms with Crippen LogP contribution in [-0.4, -0.2) is 0 Å². The Hall–Kier alpha value is -1.98. The van der Waals surface area contributed by atoms with E-state index in [9.17, 15) is 0 Å². The second kappa shape index (κ2) is 3.26. The van der Waals surface area contributed by atoms with E-state index < -0.39 is 0 Å². The fraction of sp³-hybridized carbons (Fsp3) is 0. The van der Waals surface area contributed by atoms with Crippen LogP contribution in [0.25, 0.3) is 21.9 Å². The minimum atomic E-state index is 0.586. The summed E-state index contributed by atoms with van der Waals surface area (Å²) >= 11 is 6.13. The van der Waals surface area contributed by atoms with E-state index in [4.69, 9.17) is 21.3 Å². The smallest absolute Gasteiger partial charge is 0.136 e. The maximum atomic E-state index is 8.81. The maximum absolute atomic E-state index is 8.81. The van der Waals surface area contributed by atoms with Gasteiger partial charge in [0, 0.05) is 10.8 Å². The SMILES string of the molecule is N#Cc1ccc2c(c1)oc1cccc(Cl)c12. The van der Waals surface area contributed by atoms with Gasteiger partial charge >= 0.3 is 0 Å². The molecule has 2 nitrogen and oxygen atoms in total. The highest BCUT2D eigenvalue weighted by atomic mass is 35.5. The van der Waals surface area contributed by atoms with E-state index >= 15 is 0 Å². The Labute approximate surface area is 96.6 Å². The van der Waals surface area contributed by atoms with Gasteiger partial charge in [0.1, 0.15) is 11.2 Å². The Balaban J connectivity index is 2.53. The number of fused-ring (bicyclic) bond motifs is 3. The second-order valence-corrected chi connectivity index (χ2v) is 3.94. The summed E-state index contributed by atoms with van der Waals surface area (Å²) in [5.74, 6) is 0. The van der Waals surface area contributed by atoms with Crippen molar-refractivity contribution >= 4 is 33.5 Å². The van der Waals surface area contributed by atoms with Crippen molar-refractivity contribution in [1.29, 1.82) is 5.26 Å². The number of hydrogen-bond acceptors (Lipinski definition) is 2. The summed E-state index contributed by atoms with van der Waals surface area (Å²) in [4.78, 5) is 0. The molecule has 0 aliphatic heterocycles. The Morgan fingerprint density at radius 3 is 2.81 bits per heavy atom. The monoisotopic (exact) mass is 227 g/mol. The van der Waals surface area contributed by atoms with Crippen molar-refractivity contribution in [3.8, 4) is 6.07 Å². The first-order valence-electron chi connectivity index (χ1n) is 4.80. The average molecular weight is 228 g/mol. The number of hydrogen-bond donors (Lipinski definition) is 0. The van der Waals surface area contributed by atoms with Crippen LogP contribution >= 0.6 is 11.6 Å². The summed E-state index contributed by atoms with van der Waals surface area (Å²) in [6.07, 6.45) is 0. The molecule has 0 fully saturated rings. The molecular weight excluding hydrogens is 222 g/mol. The largest absolute Gasteiger partial charge is 0.456 e. The molecule has 0 N–H and O–H groups in total. The molecule has 76 valence electrons. The first-order chi connectivity index (χ1) is 7.79. The highest BCUT2D eigenvalue weighted by Gasteiger charge is 2.09. The summed E-state index contributed by atoms with van der Waals surface area (Å²) < 4.78 is 5.64. The van der Waals surface area contributed by atoms with Crippen molar-refractivity contribution in [2.45, 2.75) is 0 Å². The van der Waals surface area contributed by atoms with Gasteiger partial charge in [0.05, 0.1) is 16.7 Å². The lowest BCUT2D eigenvalue weighted by atomic mass is 10.1. The van der Waals surface area contributed by atoms with Crippen LogP contribution in [-0.2, 0) is 0 Å². The van der Waals surface area contributed by atoms with E-state index in [0.717, 1.165) is 16.4 Å². The van der Waals surface area contributed by atoms with E-state index in [1.807, 2.05) is 24.3 Å². The van der Waals surface area contributed by atoms with Crippen LogP contribution in [0.1, 0.15) is 5.56 Å². The average Bonchev–Trinajstić information content (AvgIpc) is 2.67. The van der Waals surface area contributed by atoms with Gasteiger partial charge < -0.3 is 4.42 Å². The lowest BCUT2D eigenvalue weighted by Gasteiger charge is -1.92. The molecule has 0 saturated carbocycles. The van der Waals surface area contributed by atoms with Gasteiger partial charge in [-0.2, -0.15) is 5.26 Å². The van der Waals surface area contributed by atoms with Crippen molar-refractivity contribution in [2.75, 3.05) is 0 Å². The van der Waals surface area contributed by atoms with E-state index in [1.165, 1.54) is 0 Å². The molecule has 0 saturated heterocycles. The predicted octanol–water partition coefficient (Wildman–Crippen LogP) is 4.11. The van der Waals surface area contributed by atoms with Gasteiger partial charge in [-0.25, -0.2) is 0 Å². The number of halogens is 1. The fourth-order valence-electron chi connectivity index (χ4n) is 1.85. The van der Waals surface area contributed by atoms with Crippen LogP contribution in [0.2, 0.25) is 5.02 Å². The van der Waals surface area contributed by atoms with Gasteiger partial charge in [0.15, 0.2) is 0 Å². The lowest BCUT2D eigenvalue weighted by Crippen LogP contribution is -1.72. The molecule has 0 radical (unpaired) electrons. The summed E-state index contributed by atoms with van der Waals surface area (Å²) in [6, 6.07) is 13.0. The van der Waals surface area contributed by atoms with Crippen molar-refractivity contribution < 1.29 is 4.42 Å². The third-order valence-electron chi connectivity index (χ3n) is 2.58. The van der Waals surface area contributed by atoms with Crippen molar-refractivity contribution in [2.24, 2.45) is 0 Å². The van der Waals surface area contributed by atoms with Crippen molar-refractivity contribution in [3.05, 3.63) is 47.0 Å². The quantitative estimate of drug-likeness (QED) is 0.580. The molecule has 0 aliphatic rings. The molecule has 16 heavy (non-hydrogen) atoms. The highest BCUT2D eigenvalue weighted by Crippen LogP contribution is 2.33. The minimum absolute atomic E-state index is 0.586. The molecular formula is C13H6ClNO. The standard InChI is InChI=1S/C13H6ClNO/c14-10-2-1-3-11-13(10)9-5-4-8(7-15)6-12(9)16-11/h1-6H. The Kier molecular flexibility index (Phi) is 1.89.